The van der Waals surface area contributed by atoms with Crippen LogP contribution in [0.4, 0.5) is 0 Å². The Morgan fingerprint density at radius 3 is 2.22 bits per heavy atom. The minimum atomic E-state index is 0.493. The largest absolute Gasteiger partial charge is 0.298 e. The van der Waals surface area contributed by atoms with Crippen LogP contribution >= 0.6 is 8.73 Å². The molecule has 0 aromatic rings. The molecule has 0 aliphatic heterocycles. The number of nitrogens with one attached hydrogen (secondary N) is 1. The first kappa shape index (κ1) is 9.39. The van der Waals surface area contributed by atoms with E-state index in [9.17, 15) is 0 Å². The molecular formula is C7H18NP. The topological polar surface area (TPSA) is 12.0 Å². The highest BCUT2D eigenvalue weighted by atomic mass is 31.1. The molecule has 0 saturated carbocycles. The van der Waals surface area contributed by atoms with Crippen molar-refractivity contribution in [3.63, 3.8) is 0 Å². The van der Waals surface area contributed by atoms with E-state index in [4.69, 9.17) is 0 Å². The van der Waals surface area contributed by atoms with Crippen LogP contribution in [0.1, 0.15) is 27.2 Å². The fourth-order valence-electron chi connectivity index (χ4n) is 0.562. The standard InChI is InChI=1S/C7H18NP/c1-7(2,3)5-6-8-9-4/h8-9H,5-6H2,1-4H3. The van der Waals surface area contributed by atoms with Crippen molar-refractivity contribution in [2.75, 3.05) is 13.2 Å². The quantitative estimate of drug-likeness (QED) is 0.477. The Bertz CT molecular complexity index is 65.8. The van der Waals surface area contributed by atoms with Crippen LogP contribution < -0.4 is 5.09 Å². The van der Waals surface area contributed by atoms with Crippen molar-refractivity contribution in [2.45, 2.75) is 27.2 Å². The van der Waals surface area contributed by atoms with Gasteiger partial charge in [0.25, 0.3) is 0 Å². The maximum Gasteiger partial charge on any atom is -0.000727 e. The Labute approximate surface area is 60.4 Å². The molecule has 1 N–H and O–H groups in total. The van der Waals surface area contributed by atoms with Gasteiger partial charge in [-0.05, 0) is 25.0 Å². The lowest BCUT2D eigenvalue weighted by Crippen LogP contribution is -2.13. The van der Waals surface area contributed by atoms with Crippen molar-refractivity contribution in [1.82, 2.24) is 5.09 Å². The fraction of sp³-hybridized carbons (Fsp3) is 1.00. The van der Waals surface area contributed by atoms with Gasteiger partial charge >= 0.3 is 0 Å². The van der Waals surface area contributed by atoms with Gasteiger partial charge in [-0.15, -0.1) is 0 Å². The summed E-state index contributed by atoms with van der Waals surface area (Å²) < 4.78 is 0. The predicted octanol–water partition coefficient (Wildman–Crippen LogP) is 2.24. The molecule has 1 atom stereocenters. The third-order valence-electron chi connectivity index (χ3n) is 1.18. The second-order valence-corrected chi connectivity index (χ2v) is 4.34. The summed E-state index contributed by atoms with van der Waals surface area (Å²) >= 11 is 0. The number of hydrogen-bond acceptors (Lipinski definition) is 1. The van der Waals surface area contributed by atoms with Gasteiger partial charge in [-0.25, -0.2) is 0 Å². The van der Waals surface area contributed by atoms with Crippen LogP contribution in [0, 0.1) is 5.41 Å². The third kappa shape index (κ3) is 8.39. The monoisotopic (exact) mass is 147 g/mol. The maximum absolute atomic E-state index is 3.33. The lowest BCUT2D eigenvalue weighted by atomic mass is 9.93. The first-order valence-corrected chi connectivity index (χ1v) is 4.96. The van der Waals surface area contributed by atoms with E-state index < -0.39 is 0 Å². The zero-order chi connectivity index (χ0) is 7.33. The molecule has 1 nitrogen and oxygen atoms in total. The summed E-state index contributed by atoms with van der Waals surface area (Å²) in [5, 5.41) is 3.33. The van der Waals surface area contributed by atoms with Crippen molar-refractivity contribution < 1.29 is 0 Å². The normalized spacial score (nSPS) is 13.3. The van der Waals surface area contributed by atoms with Gasteiger partial charge in [0.15, 0.2) is 0 Å². The van der Waals surface area contributed by atoms with Gasteiger partial charge in [-0.1, -0.05) is 29.5 Å². The number of hydrogen-bond donors (Lipinski definition) is 1. The molecule has 9 heavy (non-hydrogen) atoms. The average molecular weight is 147 g/mol. The van der Waals surface area contributed by atoms with E-state index in [0.717, 1.165) is 8.73 Å². The Kier molecular flexibility index (Phi) is 4.43. The van der Waals surface area contributed by atoms with Crippen molar-refractivity contribution in [3.8, 4) is 0 Å². The summed E-state index contributed by atoms with van der Waals surface area (Å²) in [6.45, 7) is 10.1. The van der Waals surface area contributed by atoms with E-state index in [0.29, 0.717) is 5.41 Å². The Morgan fingerprint density at radius 1 is 1.33 bits per heavy atom. The summed E-state index contributed by atoms with van der Waals surface area (Å²) in [6.07, 6.45) is 1.27. The summed E-state index contributed by atoms with van der Waals surface area (Å²) in [5.41, 5.74) is 0.493. The van der Waals surface area contributed by atoms with E-state index in [2.05, 4.69) is 32.5 Å². The van der Waals surface area contributed by atoms with Gasteiger partial charge in [0.2, 0.25) is 0 Å². The zero-order valence-electron chi connectivity index (χ0n) is 6.91. The molecule has 0 aliphatic rings. The van der Waals surface area contributed by atoms with Crippen molar-refractivity contribution in [2.24, 2.45) is 5.41 Å². The van der Waals surface area contributed by atoms with E-state index in [1.165, 1.54) is 13.0 Å². The van der Waals surface area contributed by atoms with E-state index in [1.54, 1.807) is 0 Å². The molecule has 0 spiro atoms. The third-order valence-corrected chi connectivity index (χ3v) is 1.78. The molecular weight excluding hydrogens is 129 g/mol. The molecule has 0 radical (unpaired) electrons. The van der Waals surface area contributed by atoms with Gasteiger partial charge < -0.3 is 0 Å². The predicted molar refractivity (Wildman–Crippen MR) is 46.3 cm³/mol. The minimum Gasteiger partial charge on any atom is -0.298 e. The van der Waals surface area contributed by atoms with Crippen LogP contribution in [0.3, 0.4) is 0 Å². The first-order chi connectivity index (χ1) is 4.06. The van der Waals surface area contributed by atoms with Crippen LogP contribution in [-0.2, 0) is 0 Å². The van der Waals surface area contributed by atoms with Gasteiger partial charge in [-0.2, -0.15) is 0 Å². The second-order valence-electron chi connectivity index (χ2n) is 3.49. The lowest BCUT2D eigenvalue weighted by Gasteiger charge is -2.17. The molecule has 0 rings (SSSR count). The Balaban J connectivity index is 3.07. The molecule has 0 aromatic carbocycles. The van der Waals surface area contributed by atoms with E-state index in [-0.39, 0.29) is 0 Å². The Hall–Kier alpha value is 0.390. The molecule has 56 valence electrons. The number of rotatable bonds is 3. The molecule has 0 aromatic heterocycles. The highest BCUT2D eigenvalue weighted by Crippen LogP contribution is 2.17. The van der Waals surface area contributed by atoms with Gasteiger partial charge in [0, 0.05) is 0 Å². The maximum atomic E-state index is 3.33. The molecule has 0 amide bonds. The van der Waals surface area contributed by atoms with E-state index >= 15 is 0 Å². The summed E-state index contributed by atoms with van der Waals surface area (Å²) in [6, 6.07) is 0. The molecule has 0 fully saturated rings. The highest BCUT2D eigenvalue weighted by molar-refractivity contribution is 7.34. The van der Waals surface area contributed by atoms with Gasteiger partial charge in [0.05, 0.1) is 0 Å². The highest BCUT2D eigenvalue weighted by Gasteiger charge is 2.07. The molecule has 0 saturated heterocycles. The molecule has 1 unspecified atom stereocenters. The van der Waals surface area contributed by atoms with Crippen molar-refractivity contribution in [1.29, 1.82) is 0 Å². The SMILES string of the molecule is CPNCCC(C)(C)C. The van der Waals surface area contributed by atoms with Gasteiger partial charge in [-0.3, -0.25) is 5.09 Å². The smallest absolute Gasteiger partial charge is 0.000727 e. The summed E-state index contributed by atoms with van der Waals surface area (Å²) in [5.74, 6) is 0. The van der Waals surface area contributed by atoms with E-state index in [1.807, 2.05) is 0 Å². The molecule has 2 heteroatoms. The molecule has 0 bridgehead atoms. The van der Waals surface area contributed by atoms with Crippen LogP contribution in [-0.4, -0.2) is 13.2 Å². The first-order valence-electron chi connectivity index (χ1n) is 3.46. The van der Waals surface area contributed by atoms with Crippen molar-refractivity contribution >= 4 is 8.73 Å². The summed E-state index contributed by atoms with van der Waals surface area (Å²) in [7, 11) is 0.894. The zero-order valence-corrected chi connectivity index (χ0v) is 7.91. The van der Waals surface area contributed by atoms with Crippen molar-refractivity contribution in [3.05, 3.63) is 0 Å². The second kappa shape index (κ2) is 4.24. The fourth-order valence-corrected chi connectivity index (χ4v) is 0.937. The average Bonchev–Trinajstić information content (AvgIpc) is 1.63. The minimum absolute atomic E-state index is 0.493. The Morgan fingerprint density at radius 2 is 1.89 bits per heavy atom. The molecule has 0 aliphatic carbocycles. The van der Waals surface area contributed by atoms with Gasteiger partial charge in [0.1, 0.15) is 0 Å². The molecule has 0 heterocycles. The van der Waals surface area contributed by atoms with Crippen LogP contribution in [0.5, 0.6) is 0 Å². The van der Waals surface area contributed by atoms with Crippen LogP contribution in [0.2, 0.25) is 0 Å². The van der Waals surface area contributed by atoms with Crippen LogP contribution in [0.25, 0.3) is 0 Å². The van der Waals surface area contributed by atoms with Crippen LogP contribution in [0.15, 0.2) is 0 Å². The summed E-state index contributed by atoms with van der Waals surface area (Å²) in [4.78, 5) is 0. The lowest BCUT2D eigenvalue weighted by molar-refractivity contribution is 0.380.